The van der Waals surface area contributed by atoms with E-state index in [1.54, 1.807) is 30.5 Å². The average molecular weight is 318 g/mol. The fourth-order valence-electron chi connectivity index (χ4n) is 2.19. The number of rotatable bonds is 1. The molecule has 3 rings (SSSR count). The van der Waals surface area contributed by atoms with E-state index in [1.165, 1.54) is 19.9 Å². The number of hydrogen-bond acceptors (Lipinski definition) is 5. The second-order valence-corrected chi connectivity index (χ2v) is 5.68. The number of pyridine rings is 1. The van der Waals surface area contributed by atoms with Crippen LogP contribution in [0.2, 0.25) is 5.15 Å². The quantitative estimate of drug-likeness (QED) is 0.350. The molecule has 6 heteroatoms. The first-order valence-corrected chi connectivity index (χ1v) is 6.96. The third kappa shape index (κ3) is 2.67. The Kier molecular flexibility index (Phi) is 3.37. The highest BCUT2D eigenvalue weighted by atomic mass is 35.5. The summed E-state index contributed by atoms with van der Waals surface area (Å²) in [6, 6.07) is 7.11. The molecule has 0 spiro atoms. The molecule has 1 aromatic heterocycles. The van der Waals surface area contributed by atoms with Crippen LogP contribution in [0.1, 0.15) is 19.4 Å². The molecule has 112 valence electrons. The highest BCUT2D eigenvalue weighted by molar-refractivity contribution is 6.34. The number of carbonyl (C=O) groups is 2. The molecular weight excluding hydrogens is 306 g/mol. The number of nitrogens with zero attached hydrogens (tertiary/aromatic N) is 1. The normalized spacial score (nSPS) is 17.1. The van der Waals surface area contributed by atoms with Crippen LogP contribution in [-0.4, -0.2) is 22.7 Å². The molecule has 0 bridgehead atoms. The Hall–Kier alpha value is -2.40. The summed E-state index contributed by atoms with van der Waals surface area (Å²) in [6.07, 6.45) is 3.03. The van der Waals surface area contributed by atoms with Crippen LogP contribution in [0.4, 0.5) is 0 Å². The number of halogens is 1. The van der Waals surface area contributed by atoms with E-state index in [4.69, 9.17) is 21.1 Å². The van der Waals surface area contributed by atoms with Crippen molar-refractivity contribution in [3.8, 4) is 0 Å². The molecule has 22 heavy (non-hydrogen) atoms. The van der Waals surface area contributed by atoms with Gasteiger partial charge in [-0.3, -0.25) is 0 Å². The van der Waals surface area contributed by atoms with Gasteiger partial charge in [-0.15, -0.1) is 0 Å². The Morgan fingerprint density at radius 2 is 1.82 bits per heavy atom. The van der Waals surface area contributed by atoms with Crippen LogP contribution in [0.25, 0.3) is 16.8 Å². The van der Waals surface area contributed by atoms with E-state index in [-0.39, 0.29) is 5.57 Å². The minimum atomic E-state index is -1.24. The molecule has 1 saturated heterocycles. The zero-order chi connectivity index (χ0) is 15.9. The van der Waals surface area contributed by atoms with Crippen molar-refractivity contribution in [3.05, 3.63) is 46.8 Å². The molecule has 1 aliphatic rings. The van der Waals surface area contributed by atoms with Gasteiger partial charge in [-0.2, -0.15) is 0 Å². The molecule has 2 aromatic rings. The SMILES string of the molecule is CC1(C)OC(=O)C(=Cc2ccc3c(Cl)nccc3c2)C(=O)O1. The van der Waals surface area contributed by atoms with Crippen LogP contribution in [0, 0.1) is 0 Å². The van der Waals surface area contributed by atoms with Gasteiger partial charge in [0.15, 0.2) is 0 Å². The maximum absolute atomic E-state index is 11.9. The summed E-state index contributed by atoms with van der Waals surface area (Å²) in [5, 5.41) is 2.04. The van der Waals surface area contributed by atoms with Gasteiger partial charge < -0.3 is 9.47 Å². The maximum atomic E-state index is 11.9. The fourth-order valence-corrected chi connectivity index (χ4v) is 2.42. The lowest BCUT2D eigenvalue weighted by Crippen LogP contribution is -2.41. The molecule has 0 amide bonds. The van der Waals surface area contributed by atoms with Crippen molar-refractivity contribution in [2.24, 2.45) is 0 Å². The molecule has 0 radical (unpaired) electrons. The molecular formula is C16H12ClNO4. The highest BCUT2D eigenvalue weighted by Gasteiger charge is 2.38. The maximum Gasteiger partial charge on any atom is 0.348 e. The van der Waals surface area contributed by atoms with Crippen LogP contribution in [0.15, 0.2) is 36.0 Å². The molecule has 5 nitrogen and oxygen atoms in total. The van der Waals surface area contributed by atoms with Crippen molar-refractivity contribution in [2.45, 2.75) is 19.6 Å². The summed E-state index contributed by atoms with van der Waals surface area (Å²) in [6.45, 7) is 3.01. The summed E-state index contributed by atoms with van der Waals surface area (Å²) in [5.74, 6) is -2.64. The first-order chi connectivity index (χ1) is 10.4. The number of hydrogen-bond donors (Lipinski definition) is 0. The third-order valence-electron chi connectivity index (χ3n) is 3.17. The monoisotopic (exact) mass is 317 g/mol. The topological polar surface area (TPSA) is 65.5 Å². The molecule has 2 heterocycles. The van der Waals surface area contributed by atoms with Gasteiger partial charge >= 0.3 is 11.9 Å². The Balaban J connectivity index is 2.01. The lowest BCUT2D eigenvalue weighted by molar-refractivity contribution is -0.222. The molecule has 0 unspecified atom stereocenters. The van der Waals surface area contributed by atoms with E-state index >= 15 is 0 Å². The number of benzene rings is 1. The number of aromatic nitrogens is 1. The summed E-state index contributed by atoms with van der Waals surface area (Å²) >= 11 is 6.00. The van der Waals surface area contributed by atoms with E-state index in [2.05, 4.69) is 4.98 Å². The molecule has 1 aliphatic heterocycles. The van der Waals surface area contributed by atoms with E-state index in [9.17, 15) is 9.59 Å². The molecule has 0 N–H and O–H groups in total. The largest absolute Gasteiger partial charge is 0.419 e. The predicted molar refractivity (Wildman–Crippen MR) is 81.0 cm³/mol. The first kappa shape index (κ1) is 14.5. The van der Waals surface area contributed by atoms with Crippen molar-refractivity contribution in [1.82, 2.24) is 4.98 Å². The van der Waals surface area contributed by atoms with Crippen LogP contribution < -0.4 is 0 Å². The van der Waals surface area contributed by atoms with Crippen molar-refractivity contribution in [2.75, 3.05) is 0 Å². The van der Waals surface area contributed by atoms with Crippen molar-refractivity contribution in [3.63, 3.8) is 0 Å². The summed E-state index contributed by atoms with van der Waals surface area (Å²) in [4.78, 5) is 27.8. The second kappa shape index (κ2) is 5.10. The van der Waals surface area contributed by atoms with Gasteiger partial charge in [0.25, 0.3) is 5.79 Å². The minimum absolute atomic E-state index is 0.140. The third-order valence-corrected chi connectivity index (χ3v) is 3.47. The lowest BCUT2D eigenvalue weighted by atomic mass is 10.1. The van der Waals surface area contributed by atoms with Gasteiger partial charge in [0.1, 0.15) is 10.7 Å². The van der Waals surface area contributed by atoms with E-state index in [0.717, 1.165) is 10.8 Å². The van der Waals surface area contributed by atoms with Gasteiger partial charge in [-0.25, -0.2) is 14.6 Å². The van der Waals surface area contributed by atoms with Crippen molar-refractivity contribution < 1.29 is 19.1 Å². The van der Waals surface area contributed by atoms with Gasteiger partial charge in [0.2, 0.25) is 0 Å². The fraction of sp³-hybridized carbons (Fsp3) is 0.188. The molecule has 0 atom stereocenters. The zero-order valence-electron chi connectivity index (χ0n) is 11.9. The summed E-state index contributed by atoms with van der Waals surface area (Å²) in [5.41, 5.74) is 0.525. The van der Waals surface area contributed by atoms with Gasteiger partial charge in [-0.05, 0) is 29.2 Å². The van der Waals surface area contributed by atoms with E-state index in [0.29, 0.717) is 10.7 Å². The number of carbonyl (C=O) groups excluding carboxylic acids is 2. The average Bonchev–Trinajstić information content (AvgIpc) is 2.42. The Morgan fingerprint density at radius 1 is 1.14 bits per heavy atom. The summed E-state index contributed by atoms with van der Waals surface area (Å²) < 4.78 is 10.1. The predicted octanol–water partition coefficient (Wildman–Crippen LogP) is 3.11. The Morgan fingerprint density at radius 3 is 2.50 bits per heavy atom. The van der Waals surface area contributed by atoms with Gasteiger partial charge in [0.05, 0.1) is 0 Å². The van der Waals surface area contributed by atoms with E-state index < -0.39 is 17.7 Å². The van der Waals surface area contributed by atoms with Crippen LogP contribution >= 0.6 is 11.6 Å². The molecule has 1 aromatic carbocycles. The zero-order valence-corrected chi connectivity index (χ0v) is 12.7. The van der Waals surface area contributed by atoms with Crippen LogP contribution in [0.3, 0.4) is 0 Å². The number of ether oxygens (including phenoxy) is 2. The van der Waals surface area contributed by atoms with Crippen LogP contribution in [-0.2, 0) is 19.1 Å². The van der Waals surface area contributed by atoms with Crippen LogP contribution in [0.5, 0.6) is 0 Å². The number of fused-ring (bicyclic) bond motifs is 1. The Bertz CT molecular complexity index is 804. The highest BCUT2D eigenvalue weighted by Crippen LogP contribution is 2.26. The molecule has 0 aliphatic carbocycles. The number of esters is 2. The lowest BCUT2D eigenvalue weighted by Gasteiger charge is -2.29. The van der Waals surface area contributed by atoms with E-state index in [1.807, 2.05) is 0 Å². The first-order valence-electron chi connectivity index (χ1n) is 6.58. The van der Waals surface area contributed by atoms with Gasteiger partial charge in [-0.1, -0.05) is 23.7 Å². The van der Waals surface area contributed by atoms with Crippen molar-refractivity contribution in [1.29, 1.82) is 0 Å². The molecule has 0 saturated carbocycles. The second-order valence-electron chi connectivity index (χ2n) is 5.32. The number of cyclic esters (lactones) is 2. The van der Waals surface area contributed by atoms with Crippen molar-refractivity contribution >= 4 is 40.4 Å². The minimum Gasteiger partial charge on any atom is -0.419 e. The summed E-state index contributed by atoms with van der Waals surface area (Å²) in [7, 11) is 0. The Labute approximate surface area is 131 Å². The molecule has 1 fully saturated rings. The standard InChI is InChI=1S/C16H12ClNO4/c1-16(2)21-14(19)12(15(20)22-16)8-9-3-4-11-10(7-9)5-6-18-13(11)17/h3-8H,1-2H3. The van der Waals surface area contributed by atoms with Gasteiger partial charge in [0, 0.05) is 25.4 Å². The smallest absolute Gasteiger partial charge is 0.348 e.